The number of nitrogens with one attached hydrogen (secondary N) is 1. The van der Waals surface area contributed by atoms with E-state index in [4.69, 9.17) is 9.26 Å². The minimum Gasteiger partial charge on any atom is -0.459 e. The molecule has 1 saturated carbocycles. The second-order valence-electron chi connectivity index (χ2n) is 5.37. The van der Waals surface area contributed by atoms with Gasteiger partial charge in [-0.1, -0.05) is 17.3 Å². The van der Waals surface area contributed by atoms with Crippen molar-refractivity contribution in [3.05, 3.63) is 41.5 Å². The van der Waals surface area contributed by atoms with Gasteiger partial charge < -0.3 is 14.6 Å². The fourth-order valence-corrected chi connectivity index (χ4v) is 2.08. The zero-order valence-electron chi connectivity index (χ0n) is 12.7. The summed E-state index contributed by atoms with van der Waals surface area (Å²) in [5, 5.41) is 6.64. The van der Waals surface area contributed by atoms with Gasteiger partial charge in [-0.15, -0.1) is 0 Å². The highest BCUT2D eigenvalue weighted by Gasteiger charge is 2.29. The Hall–Kier alpha value is -2.70. The summed E-state index contributed by atoms with van der Waals surface area (Å²) >= 11 is 0. The Morgan fingerprint density at radius 3 is 2.70 bits per heavy atom. The summed E-state index contributed by atoms with van der Waals surface area (Å²) in [6.45, 7) is 1.96. The molecule has 7 heteroatoms. The SMILES string of the molecule is CCOC(=O)c1nc(Cc2ccc(NC(=O)C3CC3)cc2)no1. The van der Waals surface area contributed by atoms with E-state index in [9.17, 15) is 9.59 Å². The van der Waals surface area contributed by atoms with Crippen LogP contribution in [-0.2, 0) is 16.0 Å². The van der Waals surface area contributed by atoms with Crippen molar-refractivity contribution in [1.29, 1.82) is 0 Å². The molecule has 1 fully saturated rings. The molecule has 0 radical (unpaired) electrons. The average Bonchev–Trinajstić information content (AvgIpc) is 3.29. The molecule has 0 atom stereocenters. The van der Waals surface area contributed by atoms with Gasteiger partial charge in [0.1, 0.15) is 0 Å². The predicted octanol–water partition coefficient (Wildman–Crippen LogP) is 2.19. The largest absolute Gasteiger partial charge is 0.459 e. The van der Waals surface area contributed by atoms with Gasteiger partial charge in [0, 0.05) is 18.0 Å². The van der Waals surface area contributed by atoms with Crippen molar-refractivity contribution >= 4 is 17.6 Å². The normalized spacial score (nSPS) is 13.6. The summed E-state index contributed by atoms with van der Waals surface area (Å²) in [7, 11) is 0. The highest BCUT2D eigenvalue weighted by Crippen LogP contribution is 2.30. The summed E-state index contributed by atoms with van der Waals surface area (Å²) in [5.74, 6) is -0.104. The van der Waals surface area contributed by atoms with Crippen LogP contribution in [0.1, 0.15) is 41.8 Å². The van der Waals surface area contributed by atoms with Gasteiger partial charge in [-0.05, 0) is 37.5 Å². The number of benzene rings is 1. The Morgan fingerprint density at radius 2 is 2.04 bits per heavy atom. The van der Waals surface area contributed by atoms with E-state index < -0.39 is 5.97 Å². The monoisotopic (exact) mass is 315 g/mol. The molecule has 1 heterocycles. The van der Waals surface area contributed by atoms with Crippen LogP contribution in [0.4, 0.5) is 5.69 Å². The first-order chi connectivity index (χ1) is 11.2. The zero-order valence-corrected chi connectivity index (χ0v) is 12.7. The lowest BCUT2D eigenvalue weighted by Crippen LogP contribution is -2.13. The van der Waals surface area contributed by atoms with Crippen molar-refractivity contribution in [2.24, 2.45) is 5.92 Å². The first kappa shape index (κ1) is 15.2. The lowest BCUT2D eigenvalue weighted by molar-refractivity contribution is -0.117. The maximum absolute atomic E-state index is 11.7. The van der Waals surface area contributed by atoms with Gasteiger partial charge in [0.05, 0.1) is 6.61 Å². The molecule has 23 heavy (non-hydrogen) atoms. The molecule has 1 amide bonds. The van der Waals surface area contributed by atoms with Gasteiger partial charge in [-0.2, -0.15) is 4.98 Å². The third kappa shape index (κ3) is 3.94. The molecule has 1 aliphatic rings. The van der Waals surface area contributed by atoms with Gasteiger partial charge in [-0.3, -0.25) is 4.79 Å². The van der Waals surface area contributed by atoms with Gasteiger partial charge in [0.15, 0.2) is 5.82 Å². The van der Waals surface area contributed by atoms with Gasteiger partial charge >= 0.3 is 11.9 Å². The number of carbonyl (C=O) groups is 2. The van der Waals surface area contributed by atoms with Crippen LogP contribution < -0.4 is 5.32 Å². The number of carbonyl (C=O) groups excluding carboxylic acids is 2. The van der Waals surface area contributed by atoms with E-state index in [-0.39, 0.29) is 24.3 Å². The third-order valence-electron chi connectivity index (χ3n) is 3.45. The average molecular weight is 315 g/mol. The molecule has 1 N–H and O–H groups in total. The molecular formula is C16H17N3O4. The molecule has 0 unspecified atom stereocenters. The number of amides is 1. The smallest absolute Gasteiger partial charge is 0.397 e. The highest BCUT2D eigenvalue weighted by atomic mass is 16.6. The van der Waals surface area contributed by atoms with Crippen LogP contribution >= 0.6 is 0 Å². The Bertz CT molecular complexity index is 704. The number of aromatic nitrogens is 2. The van der Waals surface area contributed by atoms with Crippen molar-refractivity contribution in [3.63, 3.8) is 0 Å². The molecule has 0 bridgehead atoms. The van der Waals surface area contributed by atoms with Crippen LogP contribution in [0.2, 0.25) is 0 Å². The summed E-state index contributed by atoms with van der Waals surface area (Å²) in [4.78, 5) is 27.1. The highest BCUT2D eigenvalue weighted by molar-refractivity contribution is 5.94. The van der Waals surface area contributed by atoms with E-state index in [0.717, 1.165) is 24.1 Å². The lowest BCUT2D eigenvalue weighted by Gasteiger charge is -2.04. The molecule has 120 valence electrons. The molecule has 7 nitrogen and oxygen atoms in total. The topological polar surface area (TPSA) is 94.3 Å². The standard InChI is InChI=1S/C16H17N3O4/c1-2-22-16(21)15-18-13(19-23-15)9-10-3-7-12(8-4-10)17-14(20)11-5-6-11/h3-4,7-8,11H,2,5-6,9H2,1H3,(H,17,20). The van der Waals surface area contributed by atoms with Crippen LogP contribution in [0, 0.1) is 5.92 Å². The van der Waals surface area contributed by atoms with E-state index >= 15 is 0 Å². The maximum Gasteiger partial charge on any atom is 0.397 e. The first-order valence-electron chi connectivity index (χ1n) is 7.55. The van der Waals surface area contributed by atoms with Gasteiger partial charge in [0.2, 0.25) is 5.91 Å². The van der Waals surface area contributed by atoms with E-state index in [1.54, 1.807) is 6.92 Å². The third-order valence-corrected chi connectivity index (χ3v) is 3.45. The number of hydrogen-bond donors (Lipinski definition) is 1. The summed E-state index contributed by atoms with van der Waals surface area (Å²) < 4.78 is 9.66. The van der Waals surface area contributed by atoms with Crippen molar-refractivity contribution in [3.8, 4) is 0 Å². The van der Waals surface area contributed by atoms with Crippen molar-refractivity contribution in [1.82, 2.24) is 10.1 Å². The lowest BCUT2D eigenvalue weighted by atomic mass is 10.1. The second-order valence-corrected chi connectivity index (χ2v) is 5.37. The Kier molecular flexibility index (Phi) is 4.36. The number of esters is 1. The minimum absolute atomic E-state index is 0.0787. The number of ether oxygens (including phenoxy) is 1. The van der Waals surface area contributed by atoms with E-state index in [1.165, 1.54) is 0 Å². The van der Waals surface area contributed by atoms with Crippen molar-refractivity contribution < 1.29 is 18.8 Å². The van der Waals surface area contributed by atoms with Crippen molar-refractivity contribution in [2.75, 3.05) is 11.9 Å². The Labute approximate surface area is 133 Å². The molecule has 0 aliphatic heterocycles. The zero-order chi connectivity index (χ0) is 16.2. The summed E-state index contributed by atoms with van der Waals surface area (Å²) in [6, 6.07) is 7.43. The fraction of sp³-hybridized carbons (Fsp3) is 0.375. The Balaban J connectivity index is 1.59. The number of hydrogen-bond acceptors (Lipinski definition) is 6. The Morgan fingerprint density at radius 1 is 1.30 bits per heavy atom. The van der Waals surface area contributed by atoms with E-state index in [1.807, 2.05) is 24.3 Å². The molecule has 3 rings (SSSR count). The van der Waals surface area contributed by atoms with E-state index in [0.29, 0.717) is 12.2 Å². The predicted molar refractivity (Wildman–Crippen MR) is 80.9 cm³/mol. The van der Waals surface area contributed by atoms with Gasteiger partial charge in [-0.25, -0.2) is 4.79 Å². The molecule has 2 aromatic rings. The number of anilines is 1. The summed E-state index contributed by atoms with van der Waals surface area (Å²) in [6.07, 6.45) is 2.38. The van der Waals surface area contributed by atoms with Crippen LogP contribution in [0.15, 0.2) is 28.8 Å². The summed E-state index contributed by atoms with van der Waals surface area (Å²) in [5.41, 5.74) is 1.72. The van der Waals surface area contributed by atoms with Crippen molar-refractivity contribution in [2.45, 2.75) is 26.2 Å². The number of rotatable bonds is 6. The number of nitrogens with zero attached hydrogens (tertiary/aromatic N) is 2. The van der Waals surface area contributed by atoms with E-state index in [2.05, 4.69) is 15.5 Å². The van der Waals surface area contributed by atoms with Crippen LogP contribution in [0.5, 0.6) is 0 Å². The van der Waals surface area contributed by atoms with Crippen LogP contribution in [-0.4, -0.2) is 28.6 Å². The first-order valence-corrected chi connectivity index (χ1v) is 7.55. The molecule has 1 aromatic carbocycles. The fourth-order valence-electron chi connectivity index (χ4n) is 2.08. The van der Waals surface area contributed by atoms with Gasteiger partial charge in [0.25, 0.3) is 0 Å². The molecular weight excluding hydrogens is 298 g/mol. The van der Waals surface area contributed by atoms with Crippen LogP contribution in [0.3, 0.4) is 0 Å². The second kappa shape index (κ2) is 6.60. The quantitative estimate of drug-likeness (QED) is 0.821. The maximum atomic E-state index is 11.7. The van der Waals surface area contributed by atoms with Crippen LogP contribution in [0.25, 0.3) is 0 Å². The molecule has 0 spiro atoms. The molecule has 0 saturated heterocycles. The minimum atomic E-state index is -0.621. The molecule has 1 aromatic heterocycles. The molecule has 1 aliphatic carbocycles.